The van der Waals surface area contributed by atoms with Crippen molar-refractivity contribution < 1.29 is 9.47 Å². The minimum absolute atomic E-state index is 0.290. The molecule has 2 heterocycles. The first-order valence-corrected chi connectivity index (χ1v) is 6.98. The molecule has 1 N–H and O–H groups in total. The molecular weight excluding hydrogens is 274 g/mol. The monoisotopic (exact) mass is 287 g/mol. The van der Waals surface area contributed by atoms with Crippen LogP contribution in [-0.4, -0.2) is 20.2 Å². The predicted octanol–water partition coefficient (Wildman–Crippen LogP) is 3.21. The first-order chi connectivity index (χ1) is 9.72. The van der Waals surface area contributed by atoms with Gasteiger partial charge in [-0.25, -0.2) is 0 Å². The number of hydrogen-bond donors (Lipinski definition) is 1. The molecule has 0 radical (unpaired) electrons. The lowest BCUT2D eigenvalue weighted by Crippen LogP contribution is -2.61. The van der Waals surface area contributed by atoms with Crippen LogP contribution in [0, 0.1) is 0 Å². The molecule has 102 valence electrons. The number of ether oxygens (including phenoxy) is 2. The Labute approximate surface area is 122 Å². The quantitative estimate of drug-likeness (QED) is 0.874. The minimum atomic E-state index is -0.290. The van der Waals surface area contributed by atoms with Crippen molar-refractivity contribution >= 4 is 11.6 Å². The smallest absolute Gasteiger partial charge is 0.159 e. The second-order valence-electron chi connectivity index (χ2n) is 5.25. The van der Waals surface area contributed by atoms with E-state index in [9.17, 15) is 0 Å². The summed E-state index contributed by atoms with van der Waals surface area (Å²) in [4.78, 5) is 0. The first-order valence-electron chi connectivity index (χ1n) is 6.60. The summed E-state index contributed by atoms with van der Waals surface area (Å²) in [5.41, 5.74) is 3.18. The molecule has 2 aliphatic rings. The van der Waals surface area contributed by atoms with E-state index in [0.717, 1.165) is 30.2 Å². The lowest BCUT2D eigenvalue weighted by molar-refractivity contribution is 0.00970. The highest BCUT2D eigenvalue weighted by Crippen LogP contribution is 2.48. The molecule has 0 amide bonds. The van der Waals surface area contributed by atoms with Gasteiger partial charge in [0.2, 0.25) is 0 Å². The highest BCUT2D eigenvalue weighted by atomic mass is 35.5. The summed E-state index contributed by atoms with van der Waals surface area (Å²) in [5.74, 6) is 1.72. The van der Waals surface area contributed by atoms with Crippen LogP contribution in [0.2, 0.25) is 5.02 Å². The molecule has 1 spiro atoms. The van der Waals surface area contributed by atoms with Gasteiger partial charge in [-0.2, -0.15) is 0 Å². The van der Waals surface area contributed by atoms with Crippen LogP contribution in [-0.2, 0) is 5.60 Å². The van der Waals surface area contributed by atoms with Gasteiger partial charge in [-0.1, -0.05) is 17.7 Å². The van der Waals surface area contributed by atoms with Crippen LogP contribution >= 0.6 is 11.6 Å². The summed E-state index contributed by atoms with van der Waals surface area (Å²) < 4.78 is 11.6. The van der Waals surface area contributed by atoms with E-state index in [1.807, 2.05) is 24.3 Å². The van der Waals surface area contributed by atoms with E-state index in [1.54, 1.807) is 7.11 Å². The van der Waals surface area contributed by atoms with E-state index in [1.165, 1.54) is 11.1 Å². The van der Waals surface area contributed by atoms with Gasteiger partial charge in [-0.05, 0) is 35.9 Å². The van der Waals surface area contributed by atoms with Crippen molar-refractivity contribution in [2.75, 3.05) is 20.2 Å². The van der Waals surface area contributed by atoms with Crippen molar-refractivity contribution in [3.05, 3.63) is 47.0 Å². The third-order valence-corrected chi connectivity index (χ3v) is 4.31. The van der Waals surface area contributed by atoms with Gasteiger partial charge < -0.3 is 14.8 Å². The van der Waals surface area contributed by atoms with Crippen LogP contribution in [0.3, 0.4) is 0 Å². The second kappa shape index (κ2) is 4.14. The Kier molecular flexibility index (Phi) is 2.50. The molecule has 0 aliphatic carbocycles. The third-order valence-electron chi connectivity index (χ3n) is 4.08. The maximum atomic E-state index is 6.26. The molecule has 2 aromatic carbocycles. The average Bonchev–Trinajstić information content (AvgIpc) is 2.43. The third kappa shape index (κ3) is 1.57. The Hall–Kier alpha value is -1.71. The van der Waals surface area contributed by atoms with Crippen molar-refractivity contribution in [3.8, 4) is 22.6 Å². The van der Waals surface area contributed by atoms with Gasteiger partial charge in [-0.3, -0.25) is 0 Å². The number of hydrogen-bond acceptors (Lipinski definition) is 3. The highest BCUT2D eigenvalue weighted by molar-refractivity contribution is 6.30. The van der Waals surface area contributed by atoms with Gasteiger partial charge in [0.25, 0.3) is 0 Å². The molecule has 1 saturated heterocycles. The normalized spacial score (nSPS) is 17.7. The zero-order chi connectivity index (χ0) is 13.7. The number of benzene rings is 2. The number of methoxy groups -OCH3 is 1. The fourth-order valence-electron chi connectivity index (χ4n) is 2.95. The van der Waals surface area contributed by atoms with E-state index in [2.05, 4.69) is 17.4 Å². The zero-order valence-electron chi connectivity index (χ0n) is 11.1. The van der Waals surface area contributed by atoms with Crippen LogP contribution in [0.15, 0.2) is 36.4 Å². The number of nitrogens with one attached hydrogen (secondary N) is 1. The van der Waals surface area contributed by atoms with E-state index < -0.39 is 0 Å². The Morgan fingerprint density at radius 2 is 1.95 bits per heavy atom. The van der Waals surface area contributed by atoms with Crippen LogP contribution in [0.25, 0.3) is 11.1 Å². The standard InChI is InChI=1S/C16H14ClNO2/c1-19-11-3-5-12-13-4-2-10(17)6-15(13)20-16(8-18-9-16)14(12)7-11/h2-7,18H,8-9H2,1H3. The molecular formula is C16H14ClNO2. The van der Waals surface area contributed by atoms with E-state index in [-0.39, 0.29) is 5.60 Å². The molecule has 0 aromatic heterocycles. The molecule has 20 heavy (non-hydrogen) atoms. The summed E-state index contributed by atoms with van der Waals surface area (Å²) in [6.45, 7) is 1.61. The van der Waals surface area contributed by atoms with Gasteiger partial charge in [0, 0.05) is 29.2 Å². The topological polar surface area (TPSA) is 30.5 Å². The average molecular weight is 288 g/mol. The SMILES string of the molecule is COc1ccc2c(c1)C1(CNC1)Oc1cc(Cl)ccc1-2. The highest BCUT2D eigenvalue weighted by Gasteiger charge is 2.46. The molecule has 1 fully saturated rings. The summed E-state index contributed by atoms with van der Waals surface area (Å²) in [5, 5.41) is 3.99. The Morgan fingerprint density at radius 3 is 2.65 bits per heavy atom. The minimum Gasteiger partial charge on any atom is -0.497 e. The van der Waals surface area contributed by atoms with Crippen molar-refractivity contribution in [2.24, 2.45) is 0 Å². The largest absolute Gasteiger partial charge is 0.497 e. The Bertz CT molecular complexity index is 695. The fourth-order valence-corrected chi connectivity index (χ4v) is 3.11. The van der Waals surface area contributed by atoms with Crippen LogP contribution in [0.5, 0.6) is 11.5 Å². The second-order valence-corrected chi connectivity index (χ2v) is 5.69. The maximum absolute atomic E-state index is 6.26. The molecule has 0 unspecified atom stereocenters. The van der Waals surface area contributed by atoms with Crippen molar-refractivity contribution in [3.63, 3.8) is 0 Å². The molecule has 0 atom stereocenters. The number of halogens is 1. The molecule has 4 rings (SSSR count). The fraction of sp³-hybridized carbons (Fsp3) is 0.250. The summed E-state index contributed by atoms with van der Waals surface area (Å²) in [6, 6.07) is 12.0. The van der Waals surface area contributed by atoms with Crippen LogP contribution in [0.1, 0.15) is 5.56 Å². The molecule has 0 bridgehead atoms. The molecule has 3 nitrogen and oxygen atoms in total. The molecule has 2 aromatic rings. The van der Waals surface area contributed by atoms with E-state index in [4.69, 9.17) is 21.1 Å². The molecule has 4 heteroatoms. The molecule has 0 saturated carbocycles. The lowest BCUT2D eigenvalue weighted by Gasteiger charge is -2.46. The number of fused-ring (bicyclic) bond motifs is 4. The van der Waals surface area contributed by atoms with Crippen molar-refractivity contribution in [2.45, 2.75) is 5.60 Å². The van der Waals surface area contributed by atoms with Crippen molar-refractivity contribution in [1.29, 1.82) is 0 Å². The van der Waals surface area contributed by atoms with Crippen molar-refractivity contribution in [1.82, 2.24) is 5.32 Å². The molecule has 2 aliphatic heterocycles. The van der Waals surface area contributed by atoms with Gasteiger partial charge in [0.1, 0.15) is 11.5 Å². The maximum Gasteiger partial charge on any atom is 0.159 e. The van der Waals surface area contributed by atoms with Crippen LogP contribution < -0.4 is 14.8 Å². The van der Waals surface area contributed by atoms with Gasteiger partial charge >= 0.3 is 0 Å². The van der Waals surface area contributed by atoms with Gasteiger partial charge in [-0.15, -0.1) is 0 Å². The summed E-state index contributed by atoms with van der Waals surface area (Å²) in [7, 11) is 1.69. The van der Waals surface area contributed by atoms with E-state index in [0.29, 0.717) is 5.02 Å². The van der Waals surface area contributed by atoms with Gasteiger partial charge in [0.05, 0.1) is 7.11 Å². The lowest BCUT2D eigenvalue weighted by atomic mass is 9.80. The Morgan fingerprint density at radius 1 is 1.15 bits per heavy atom. The Balaban J connectivity index is 1.97. The number of rotatable bonds is 1. The predicted molar refractivity (Wildman–Crippen MR) is 78.6 cm³/mol. The zero-order valence-corrected chi connectivity index (χ0v) is 11.8. The van der Waals surface area contributed by atoms with E-state index >= 15 is 0 Å². The summed E-state index contributed by atoms with van der Waals surface area (Å²) >= 11 is 6.09. The first kappa shape index (κ1) is 12.1. The summed E-state index contributed by atoms with van der Waals surface area (Å²) in [6.07, 6.45) is 0. The van der Waals surface area contributed by atoms with Gasteiger partial charge in [0.15, 0.2) is 5.60 Å². The van der Waals surface area contributed by atoms with Crippen LogP contribution in [0.4, 0.5) is 0 Å².